The molecule has 0 N–H and O–H groups in total. The van der Waals surface area contributed by atoms with Crippen LogP contribution in [0.4, 0.5) is 4.39 Å². The summed E-state index contributed by atoms with van der Waals surface area (Å²) < 4.78 is 13.3. The second-order valence-corrected chi connectivity index (χ2v) is 7.87. The molecule has 1 atom stereocenters. The molecule has 146 valence electrons. The van der Waals surface area contributed by atoms with Crippen LogP contribution in [0.5, 0.6) is 0 Å². The van der Waals surface area contributed by atoms with Crippen molar-refractivity contribution in [3.8, 4) is 0 Å². The summed E-state index contributed by atoms with van der Waals surface area (Å²) in [5.41, 5.74) is 6.01. The maximum Gasteiger partial charge on any atom is 0.123 e. The zero-order valence-corrected chi connectivity index (χ0v) is 18.8. The molecule has 4 rings (SSSR count). The van der Waals surface area contributed by atoms with Crippen LogP contribution in [0.3, 0.4) is 0 Å². The van der Waals surface area contributed by atoms with E-state index in [1.165, 1.54) is 34.4 Å². The third-order valence-corrected chi connectivity index (χ3v) is 6.19. The van der Waals surface area contributed by atoms with Crippen LogP contribution in [0.2, 0.25) is 0 Å². The van der Waals surface area contributed by atoms with E-state index in [4.69, 9.17) is 0 Å². The minimum Gasteiger partial charge on any atom is -0.207 e. The van der Waals surface area contributed by atoms with Gasteiger partial charge in [0.05, 0.1) is 5.16 Å². The summed E-state index contributed by atoms with van der Waals surface area (Å²) in [5, 5.41) is -0.362. The number of hydrogen-bond acceptors (Lipinski definition) is 0. The van der Waals surface area contributed by atoms with Crippen molar-refractivity contribution in [1.29, 1.82) is 0 Å². The van der Waals surface area contributed by atoms with Gasteiger partial charge in [-0.2, -0.15) is 0 Å². The maximum atomic E-state index is 13.3. The van der Waals surface area contributed by atoms with Crippen molar-refractivity contribution in [2.75, 3.05) is 0 Å². The topological polar surface area (TPSA) is 0 Å². The summed E-state index contributed by atoms with van der Waals surface area (Å²) >= 11 is 0. The highest BCUT2D eigenvalue weighted by Gasteiger charge is 2.33. The Bertz CT molecular complexity index is 1010. The minimum atomic E-state index is -0.362. The van der Waals surface area contributed by atoms with E-state index in [1.54, 1.807) is 0 Å². The van der Waals surface area contributed by atoms with Crippen LogP contribution in [-0.2, 0) is 11.6 Å². The van der Waals surface area contributed by atoms with Crippen molar-refractivity contribution in [3.63, 3.8) is 0 Å². The highest BCUT2D eigenvalue weighted by atomic mass is 79.9. The Morgan fingerprint density at radius 1 is 0.621 bits per heavy atom. The van der Waals surface area contributed by atoms with Crippen molar-refractivity contribution in [2.45, 2.75) is 11.6 Å². The van der Waals surface area contributed by atoms with Gasteiger partial charge in [0.2, 0.25) is 0 Å². The summed E-state index contributed by atoms with van der Waals surface area (Å²) in [6.45, 7) is 0. The van der Waals surface area contributed by atoms with Gasteiger partial charge in [-0.1, -0.05) is 97.1 Å². The summed E-state index contributed by atoms with van der Waals surface area (Å²) in [6, 6.07) is 36.4. The van der Waals surface area contributed by atoms with Crippen LogP contribution in [0.25, 0.3) is 0 Å². The van der Waals surface area contributed by atoms with E-state index in [2.05, 4.69) is 82.0 Å². The molecule has 0 fully saturated rings. The van der Waals surface area contributed by atoms with Crippen molar-refractivity contribution < 1.29 is 4.39 Å². The largest absolute Gasteiger partial charge is 0.207 e. The van der Waals surface area contributed by atoms with E-state index in [-0.39, 0.29) is 28.0 Å². The fourth-order valence-corrected chi connectivity index (χ4v) is 4.43. The van der Waals surface area contributed by atoms with Gasteiger partial charge in [0, 0.05) is 0 Å². The average molecular weight is 465 g/mol. The third-order valence-electron chi connectivity index (χ3n) is 5.21. The standard InChI is InChI=1S/C26H22FP.BrH/c27-24-17-15-20(16-18-24)19-21-9-7-8-14-25(21)26(28,22-10-3-1-4-11-22)23-12-5-2-6-13-23;/h1-18H,19,28H2;1H. The lowest BCUT2D eigenvalue weighted by molar-refractivity contribution is 0.627. The number of hydrogen-bond donors (Lipinski definition) is 0. The molecule has 0 nitrogen and oxygen atoms in total. The van der Waals surface area contributed by atoms with E-state index < -0.39 is 0 Å². The Morgan fingerprint density at radius 2 is 1.10 bits per heavy atom. The van der Waals surface area contributed by atoms with Crippen LogP contribution in [0, 0.1) is 5.82 Å². The fraction of sp³-hybridized carbons (Fsp3) is 0.0769. The average Bonchev–Trinajstić information content (AvgIpc) is 2.76. The molecule has 1 unspecified atom stereocenters. The molecule has 0 aliphatic heterocycles. The Labute approximate surface area is 184 Å². The van der Waals surface area contributed by atoms with Crippen molar-refractivity contribution >= 4 is 26.2 Å². The lowest BCUT2D eigenvalue weighted by atomic mass is 9.80. The van der Waals surface area contributed by atoms with Crippen LogP contribution in [-0.4, -0.2) is 0 Å². The molecule has 0 bridgehead atoms. The van der Waals surface area contributed by atoms with Crippen molar-refractivity contribution in [3.05, 3.63) is 143 Å². The van der Waals surface area contributed by atoms with E-state index in [9.17, 15) is 4.39 Å². The first kappa shape index (κ1) is 21.4. The van der Waals surface area contributed by atoms with Gasteiger partial charge in [-0.25, -0.2) is 4.39 Å². The number of halogens is 2. The smallest absolute Gasteiger partial charge is 0.123 e. The Kier molecular flexibility index (Phi) is 7.00. The first-order valence-corrected chi connectivity index (χ1v) is 9.98. The Morgan fingerprint density at radius 3 is 1.66 bits per heavy atom. The SMILES string of the molecule is Br.Fc1ccc(Cc2ccccc2C(P)(c2ccccc2)c2ccccc2)cc1. The first-order valence-electron chi connectivity index (χ1n) is 9.40. The van der Waals surface area contributed by atoms with Gasteiger partial charge in [-0.15, -0.1) is 26.2 Å². The molecule has 0 spiro atoms. The van der Waals surface area contributed by atoms with E-state index in [1.807, 2.05) is 24.3 Å². The summed E-state index contributed by atoms with van der Waals surface area (Å²) in [6.07, 6.45) is 0.756. The van der Waals surface area contributed by atoms with Gasteiger partial charge < -0.3 is 0 Å². The molecule has 0 aromatic heterocycles. The molecule has 4 aromatic rings. The third kappa shape index (κ3) is 4.50. The van der Waals surface area contributed by atoms with Crippen molar-refractivity contribution in [2.24, 2.45) is 0 Å². The molecular formula is C26H23BrFP. The monoisotopic (exact) mass is 464 g/mol. The van der Waals surface area contributed by atoms with Gasteiger partial charge in [0.15, 0.2) is 0 Å². The fourth-order valence-electron chi connectivity index (χ4n) is 3.76. The Hall–Kier alpha value is -2.28. The van der Waals surface area contributed by atoms with Crippen molar-refractivity contribution in [1.82, 2.24) is 0 Å². The number of rotatable bonds is 5. The van der Waals surface area contributed by atoms with Gasteiger partial charge in [-0.3, -0.25) is 0 Å². The van der Waals surface area contributed by atoms with E-state index in [0.717, 1.165) is 12.0 Å². The van der Waals surface area contributed by atoms with Crippen LogP contribution in [0.1, 0.15) is 27.8 Å². The predicted molar refractivity (Wildman–Crippen MR) is 128 cm³/mol. The van der Waals surface area contributed by atoms with Gasteiger partial charge >= 0.3 is 0 Å². The molecule has 0 amide bonds. The maximum absolute atomic E-state index is 13.3. The van der Waals surface area contributed by atoms with Gasteiger partial charge in [0.1, 0.15) is 5.82 Å². The summed E-state index contributed by atoms with van der Waals surface area (Å²) in [7, 11) is 3.11. The molecule has 3 heteroatoms. The van der Waals surface area contributed by atoms with E-state index >= 15 is 0 Å². The highest BCUT2D eigenvalue weighted by molar-refractivity contribution is 8.93. The number of benzene rings is 4. The quantitative estimate of drug-likeness (QED) is 0.217. The zero-order valence-electron chi connectivity index (χ0n) is 16.0. The molecular weight excluding hydrogens is 442 g/mol. The summed E-state index contributed by atoms with van der Waals surface area (Å²) in [4.78, 5) is 0. The van der Waals surface area contributed by atoms with E-state index in [0.29, 0.717) is 0 Å². The zero-order chi connectivity index (χ0) is 19.4. The second kappa shape index (κ2) is 9.48. The van der Waals surface area contributed by atoms with Gasteiger partial charge in [-0.05, 0) is 46.4 Å². The lowest BCUT2D eigenvalue weighted by Crippen LogP contribution is -2.23. The molecule has 0 radical (unpaired) electrons. The first-order chi connectivity index (χ1) is 13.7. The normalized spacial score (nSPS) is 11.0. The molecule has 0 aliphatic carbocycles. The molecule has 0 saturated carbocycles. The van der Waals surface area contributed by atoms with Gasteiger partial charge in [0.25, 0.3) is 0 Å². The predicted octanol–water partition coefficient (Wildman–Crippen LogP) is 7.16. The molecule has 4 aromatic carbocycles. The minimum absolute atomic E-state index is 0. The second-order valence-electron chi connectivity index (χ2n) is 7.00. The van der Waals surface area contributed by atoms with Crippen LogP contribution < -0.4 is 0 Å². The lowest BCUT2D eigenvalue weighted by Gasteiger charge is -2.33. The Balaban J connectivity index is 0.00000240. The molecule has 0 aliphatic rings. The molecule has 0 saturated heterocycles. The summed E-state index contributed by atoms with van der Waals surface area (Å²) in [5.74, 6) is -0.203. The molecule has 0 heterocycles. The van der Waals surface area contributed by atoms with Crippen LogP contribution >= 0.6 is 26.2 Å². The van der Waals surface area contributed by atoms with Crippen LogP contribution in [0.15, 0.2) is 109 Å². The molecule has 29 heavy (non-hydrogen) atoms. The highest BCUT2D eigenvalue weighted by Crippen LogP contribution is 2.46.